The normalized spacial score (nSPS) is 23.5. The van der Waals surface area contributed by atoms with Crippen LogP contribution in [0.5, 0.6) is 0 Å². The number of aliphatic hydroxyl groups is 1. The first-order valence-corrected chi connectivity index (χ1v) is 10.3. The second-order valence-electron chi connectivity index (χ2n) is 7.34. The maximum Gasteiger partial charge on any atom is 0.353 e. The number of rotatable bonds is 8. The quantitative estimate of drug-likeness (QED) is 0.309. The highest BCUT2D eigenvalue weighted by atomic mass is 32.2. The molecule has 0 aromatic heterocycles. The molecule has 4 unspecified atom stereocenters. The maximum atomic E-state index is 12.6. The van der Waals surface area contributed by atoms with Crippen molar-refractivity contribution >= 4 is 35.2 Å². The van der Waals surface area contributed by atoms with Gasteiger partial charge in [-0.2, -0.15) is 0 Å². The molecule has 2 amide bonds. The fourth-order valence-corrected chi connectivity index (χ4v) is 4.97. The van der Waals surface area contributed by atoms with Gasteiger partial charge in [0.1, 0.15) is 5.70 Å². The number of carboxylic acid groups (broad SMARTS) is 1. The van der Waals surface area contributed by atoms with Crippen LogP contribution in [0.25, 0.3) is 0 Å². The van der Waals surface area contributed by atoms with Crippen molar-refractivity contribution in [3.05, 3.63) is 62.2 Å². The average Bonchev–Trinajstić information content (AvgIpc) is 2.95. The number of nitro groups is 1. The van der Waals surface area contributed by atoms with Crippen LogP contribution < -0.4 is 5.32 Å². The van der Waals surface area contributed by atoms with E-state index in [1.165, 1.54) is 42.5 Å². The van der Waals surface area contributed by atoms with E-state index in [0.29, 0.717) is 11.3 Å². The molecule has 2 aliphatic heterocycles. The Bertz CT molecular complexity index is 987. The van der Waals surface area contributed by atoms with Gasteiger partial charge < -0.3 is 20.4 Å². The van der Waals surface area contributed by atoms with E-state index in [2.05, 4.69) is 5.32 Å². The summed E-state index contributed by atoms with van der Waals surface area (Å²) in [4.78, 5) is 47.7. The highest BCUT2D eigenvalue weighted by Gasteiger charge is 2.61. The molecule has 4 atom stereocenters. The van der Waals surface area contributed by atoms with Gasteiger partial charge in [0.25, 0.3) is 5.69 Å². The van der Waals surface area contributed by atoms with Crippen molar-refractivity contribution in [3.63, 3.8) is 0 Å². The topological polar surface area (TPSA) is 150 Å². The summed E-state index contributed by atoms with van der Waals surface area (Å²) in [6.45, 7) is 2.83. The number of nitro benzene ring substituents is 1. The lowest BCUT2D eigenvalue weighted by molar-refractivity contribution is -0.384. The van der Waals surface area contributed by atoms with Crippen molar-refractivity contribution in [1.29, 1.82) is 0 Å². The molecule has 0 bridgehead atoms. The number of nitrogens with one attached hydrogen (secondary N) is 1. The molecule has 1 saturated heterocycles. The summed E-state index contributed by atoms with van der Waals surface area (Å²) in [5, 5.41) is 34.8. The van der Waals surface area contributed by atoms with E-state index in [1.54, 1.807) is 12.1 Å². The van der Waals surface area contributed by atoms with Crippen molar-refractivity contribution in [3.8, 4) is 0 Å². The lowest BCUT2D eigenvalue weighted by Gasteiger charge is -2.47. The molecule has 2 heterocycles. The van der Waals surface area contributed by atoms with Crippen LogP contribution in [0.4, 0.5) is 5.69 Å². The first-order chi connectivity index (χ1) is 14.6. The van der Waals surface area contributed by atoms with E-state index in [9.17, 15) is 34.7 Å². The van der Waals surface area contributed by atoms with Gasteiger partial charge in [-0.15, -0.1) is 0 Å². The van der Waals surface area contributed by atoms with E-state index >= 15 is 0 Å². The third-order valence-corrected chi connectivity index (χ3v) is 6.31. The van der Waals surface area contributed by atoms with Crippen LogP contribution in [0.1, 0.15) is 19.4 Å². The number of nitrogens with zero attached hydrogens (tertiary/aromatic N) is 2. The van der Waals surface area contributed by atoms with Gasteiger partial charge in [0, 0.05) is 36.1 Å². The minimum Gasteiger partial charge on any atom is -0.477 e. The minimum absolute atomic E-state index is 0.0629. The zero-order chi connectivity index (χ0) is 22.9. The van der Waals surface area contributed by atoms with Crippen LogP contribution in [0.2, 0.25) is 0 Å². The first-order valence-electron chi connectivity index (χ1n) is 9.44. The molecule has 31 heavy (non-hydrogen) atoms. The number of non-ortho nitro benzene ring substituents is 1. The number of β-lactam (4-membered cyclic amide) rings is 1. The fourth-order valence-electron chi connectivity index (χ4n) is 3.99. The zero-order valence-electron chi connectivity index (χ0n) is 16.7. The third-order valence-electron chi connectivity index (χ3n) is 5.29. The predicted octanol–water partition coefficient (Wildman–Crippen LogP) is 1.61. The van der Waals surface area contributed by atoms with Crippen molar-refractivity contribution in [1.82, 2.24) is 10.2 Å². The molecule has 3 N–H and O–H groups in total. The van der Waals surface area contributed by atoms with Crippen LogP contribution in [-0.4, -0.2) is 50.0 Å². The summed E-state index contributed by atoms with van der Waals surface area (Å²) in [5.74, 6) is -3.17. The number of carbonyl (C=O) groups excluding carboxylic acids is 2. The van der Waals surface area contributed by atoms with E-state index in [-0.39, 0.29) is 17.3 Å². The predicted molar refractivity (Wildman–Crippen MR) is 111 cm³/mol. The molecule has 3 rings (SSSR count). The highest BCUT2D eigenvalue weighted by Crippen LogP contribution is 2.52. The van der Waals surface area contributed by atoms with Crippen molar-refractivity contribution in [2.75, 3.05) is 0 Å². The van der Waals surface area contributed by atoms with Crippen LogP contribution in [0.15, 0.2) is 46.5 Å². The minimum atomic E-state index is -1.26. The fraction of sp³-hybridized carbons (Fsp3) is 0.350. The Morgan fingerprint density at radius 3 is 2.52 bits per heavy atom. The number of aliphatic carboxylic acids is 1. The summed E-state index contributed by atoms with van der Waals surface area (Å²) >= 11 is 1.08. The lowest BCUT2D eigenvalue weighted by Crippen LogP contribution is -2.64. The molecular weight excluding hydrogens is 426 g/mol. The number of carbonyl (C=O) groups is 3. The number of benzene rings is 1. The number of carboxylic acids is 1. The number of fused-ring (bicyclic) bond motifs is 1. The van der Waals surface area contributed by atoms with Gasteiger partial charge in [0.15, 0.2) is 0 Å². The molecule has 0 spiro atoms. The monoisotopic (exact) mass is 447 g/mol. The Hall–Kier alpha value is -3.18. The second-order valence-corrected chi connectivity index (χ2v) is 8.29. The lowest BCUT2D eigenvalue weighted by atomic mass is 9.76. The molecule has 10 nitrogen and oxygen atoms in total. The van der Waals surface area contributed by atoms with E-state index in [0.717, 1.165) is 17.3 Å². The largest absolute Gasteiger partial charge is 0.477 e. The molecule has 2 aliphatic rings. The Balaban J connectivity index is 1.96. The molecule has 11 heteroatoms. The van der Waals surface area contributed by atoms with Crippen molar-refractivity contribution in [2.24, 2.45) is 11.8 Å². The second kappa shape index (κ2) is 8.90. The number of thioether (sulfide) groups is 1. The van der Waals surface area contributed by atoms with Gasteiger partial charge in [-0.25, -0.2) is 4.79 Å². The van der Waals surface area contributed by atoms with Crippen LogP contribution in [0, 0.1) is 22.0 Å². The van der Waals surface area contributed by atoms with Crippen LogP contribution >= 0.6 is 11.8 Å². The Morgan fingerprint density at radius 1 is 1.35 bits per heavy atom. The van der Waals surface area contributed by atoms with Gasteiger partial charge in [-0.1, -0.05) is 23.9 Å². The maximum absolute atomic E-state index is 12.6. The molecule has 0 radical (unpaired) electrons. The van der Waals surface area contributed by atoms with Gasteiger partial charge in [-0.3, -0.25) is 19.7 Å². The Kier molecular flexibility index (Phi) is 6.46. The Morgan fingerprint density at radius 2 is 2.00 bits per heavy atom. The number of aliphatic hydroxyl groups excluding tert-OH is 1. The zero-order valence-corrected chi connectivity index (χ0v) is 17.5. The van der Waals surface area contributed by atoms with Gasteiger partial charge in [0.2, 0.25) is 11.8 Å². The number of hydrogen-bond donors (Lipinski definition) is 3. The average molecular weight is 447 g/mol. The number of amides is 2. The van der Waals surface area contributed by atoms with Gasteiger partial charge >= 0.3 is 5.97 Å². The summed E-state index contributed by atoms with van der Waals surface area (Å²) in [5.41, 5.74) is 0.526. The van der Waals surface area contributed by atoms with Gasteiger partial charge in [0.05, 0.1) is 23.0 Å². The molecule has 0 saturated carbocycles. The standard InChI is InChI=1S/C20H21N3O7S/c1-10(24)15-16-14(9-12-3-5-13(6-4-12)23(29)30)18(31-8-7-21-11(2)25)17(20(27)28)22(16)19(15)26/h3-8,10,14-16,24H,9H2,1-2H3,(H,21,25)(H,27,28). The van der Waals surface area contributed by atoms with Crippen molar-refractivity contribution in [2.45, 2.75) is 32.4 Å². The summed E-state index contributed by atoms with van der Waals surface area (Å²) in [6.07, 6.45) is 0.747. The Labute approximate surface area is 181 Å². The van der Waals surface area contributed by atoms with Crippen LogP contribution in [0.3, 0.4) is 0 Å². The summed E-state index contributed by atoms with van der Waals surface area (Å²) < 4.78 is 0. The molecule has 164 valence electrons. The van der Waals surface area contributed by atoms with Crippen LogP contribution in [-0.2, 0) is 20.8 Å². The summed E-state index contributed by atoms with van der Waals surface area (Å²) in [6, 6.07) is 5.38. The van der Waals surface area contributed by atoms with E-state index in [4.69, 9.17) is 0 Å². The third kappa shape index (κ3) is 4.32. The highest BCUT2D eigenvalue weighted by molar-refractivity contribution is 8.05. The van der Waals surface area contributed by atoms with E-state index < -0.39 is 40.8 Å². The van der Waals surface area contributed by atoms with Crippen molar-refractivity contribution < 1.29 is 29.5 Å². The molecule has 1 aromatic carbocycles. The first kappa shape index (κ1) is 22.5. The molecular formula is C20H21N3O7S. The number of hydrogen-bond acceptors (Lipinski definition) is 7. The molecule has 1 aromatic rings. The SMILES string of the molecule is CC(=O)NC=CSC1=C(C(=O)O)N2C(=O)C(C(C)O)C2C1Cc1ccc([N+](=O)[O-])cc1. The van der Waals surface area contributed by atoms with Gasteiger partial charge in [-0.05, 0) is 24.3 Å². The smallest absolute Gasteiger partial charge is 0.353 e. The molecule has 1 fully saturated rings. The van der Waals surface area contributed by atoms with E-state index in [1.807, 2.05) is 0 Å². The molecule has 0 aliphatic carbocycles. The summed E-state index contributed by atoms with van der Waals surface area (Å²) in [7, 11) is 0.